The van der Waals surface area contributed by atoms with Crippen LogP contribution in [0.4, 0.5) is 4.79 Å². The summed E-state index contributed by atoms with van der Waals surface area (Å²) in [6.45, 7) is 2.35. The summed E-state index contributed by atoms with van der Waals surface area (Å²) in [6.07, 6.45) is 2.18. The summed E-state index contributed by atoms with van der Waals surface area (Å²) in [5.74, 6) is 0. The van der Waals surface area contributed by atoms with Crippen LogP contribution in [-0.4, -0.2) is 35.2 Å². The number of nitrogens with zero attached hydrogens (tertiary/aromatic N) is 1. The molecule has 1 aliphatic rings. The molecule has 0 saturated heterocycles. The van der Waals surface area contributed by atoms with Gasteiger partial charge in [0.2, 0.25) is 0 Å². The van der Waals surface area contributed by atoms with Crippen molar-refractivity contribution in [3.8, 4) is 0 Å². The Morgan fingerprint density at radius 1 is 1.16 bits per heavy atom. The third kappa shape index (κ3) is 4.60. The van der Waals surface area contributed by atoms with Crippen molar-refractivity contribution in [2.45, 2.75) is 37.8 Å². The van der Waals surface area contributed by atoms with E-state index in [0.717, 1.165) is 24.8 Å². The fourth-order valence-corrected chi connectivity index (χ4v) is 3.04. The molecule has 4 heteroatoms. The van der Waals surface area contributed by atoms with Crippen LogP contribution in [0.5, 0.6) is 0 Å². The maximum atomic E-state index is 12.5. The molecule has 1 atom stereocenters. The molecule has 0 radical (unpaired) electrons. The number of carbonyl (C=O) groups excluding carboxylic acids is 1. The number of aryl methyl sites for hydroxylation is 1. The molecular weight excluding hydrogens is 312 g/mol. The monoisotopic (exact) mass is 338 g/mol. The molecule has 25 heavy (non-hydrogen) atoms. The molecule has 1 aliphatic carbocycles. The van der Waals surface area contributed by atoms with Crippen molar-refractivity contribution in [1.82, 2.24) is 10.2 Å². The third-order valence-electron chi connectivity index (χ3n) is 4.87. The van der Waals surface area contributed by atoms with Crippen LogP contribution >= 0.6 is 0 Å². The summed E-state index contributed by atoms with van der Waals surface area (Å²) >= 11 is 0. The SMILES string of the molecule is Cc1ccc(CC2(NC(=O)N(C)CC(O)c3ccccc3)CC2)cc1. The molecule has 1 unspecified atom stereocenters. The van der Waals surface area contributed by atoms with Gasteiger partial charge in [0.05, 0.1) is 12.6 Å². The molecule has 0 aliphatic heterocycles. The van der Waals surface area contributed by atoms with Gasteiger partial charge in [0, 0.05) is 12.6 Å². The standard InChI is InChI=1S/C21H26N2O2/c1-16-8-10-17(11-9-16)14-21(12-13-21)22-20(25)23(2)15-19(24)18-6-4-3-5-7-18/h3-11,19,24H,12-15H2,1-2H3,(H,22,25). The number of amides is 2. The molecule has 2 N–H and O–H groups in total. The zero-order chi connectivity index (χ0) is 17.9. The number of aliphatic hydroxyl groups excluding tert-OH is 1. The first-order chi connectivity index (χ1) is 12.0. The number of benzene rings is 2. The van der Waals surface area contributed by atoms with Gasteiger partial charge in [-0.05, 0) is 37.3 Å². The molecule has 132 valence electrons. The van der Waals surface area contributed by atoms with E-state index in [1.54, 1.807) is 11.9 Å². The number of hydrogen-bond donors (Lipinski definition) is 2. The lowest BCUT2D eigenvalue weighted by atomic mass is 10.0. The molecule has 3 rings (SSSR count). The molecule has 1 fully saturated rings. The Bertz CT molecular complexity index is 708. The molecule has 0 aromatic heterocycles. The number of carbonyl (C=O) groups is 1. The Morgan fingerprint density at radius 2 is 1.80 bits per heavy atom. The maximum absolute atomic E-state index is 12.5. The van der Waals surface area contributed by atoms with Gasteiger partial charge < -0.3 is 15.3 Å². The van der Waals surface area contributed by atoms with Crippen LogP contribution in [-0.2, 0) is 6.42 Å². The van der Waals surface area contributed by atoms with Crippen molar-refractivity contribution in [3.63, 3.8) is 0 Å². The molecule has 0 spiro atoms. The minimum Gasteiger partial charge on any atom is -0.387 e. The minimum atomic E-state index is -0.677. The summed E-state index contributed by atoms with van der Waals surface area (Å²) < 4.78 is 0. The molecule has 4 nitrogen and oxygen atoms in total. The van der Waals surface area contributed by atoms with E-state index in [2.05, 4.69) is 36.5 Å². The molecule has 2 aromatic carbocycles. The number of hydrogen-bond acceptors (Lipinski definition) is 2. The zero-order valence-corrected chi connectivity index (χ0v) is 14.9. The molecule has 0 heterocycles. The number of urea groups is 1. The summed E-state index contributed by atoms with van der Waals surface area (Å²) in [7, 11) is 1.73. The fourth-order valence-electron chi connectivity index (χ4n) is 3.04. The van der Waals surface area contributed by atoms with E-state index in [4.69, 9.17) is 0 Å². The third-order valence-corrected chi connectivity index (χ3v) is 4.87. The van der Waals surface area contributed by atoms with E-state index in [9.17, 15) is 9.90 Å². The second-order valence-corrected chi connectivity index (χ2v) is 7.18. The van der Waals surface area contributed by atoms with Crippen molar-refractivity contribution < 1.29 is 9.90 Å². The molecular formula is C21H26N2O2. The van der Waals surface area contributed by atoms with Crippen LogP contribution in [0.2, 0.25) is 0 Å². The molecule has 2 aromatic rings. The van der Waals surface area contributed by atoms with Crippen molar-refractivity contribution in [1.29, 1.82) is 0 Å². The Morgan fingerprint density at radius 3 is 2.40 bits per heavy atom. The van der Waals surface area contributed by atoms with E-state index in [-0.39, 0.29) is 18.1 Å². The zero-order valence-electron chi connectivity index (χ0n) is 14.9. The van der Waals surface area contributed by atoms with Crippen LogP contribution in [0, 0.1) is 6.92 Å². The van der Waals surface area contributed by atoms with E-state index >= 15 is 0 Å². The van der Waals surface area contributed by atoms with Crippen molar-refractivity contribution in [2.75, 3.05) is 13.6 Å². The van der Waals surface area contributed by atoms with E-state index in [1.807, 2.05) is 30.3 Å². The van der Waals surface area contributed by atoms with Gasteiger partial charge in [-0.25, -0.2) is 4.79 Å². The Balaban J connectivity index is 1.55. The van der Waals surface area contributed by atoms with Crippen LogP contribution < -0.4 is 5.32 Å². The van der Waals surface area contributed by atoms with E-state index < -0.39 is 6.10 Å². The summed E-state index contributed by atoms with van der Waals surface area (Å²) in [6, 6.07) is 17.8. The van der Waals surface area contributed by atoms with Gasteiger partial charge in [0.1, 0.15) is 0 Å². The lowest BCUT2D eigenvalue weighted by Gasteiger charge is -2.25. The second kappa shape index (κ2) is 7.28. The summed E-state index contributed by atoms with van der Waals surface area (Å²) in [4.78, 5) is 14.1. The topological polar surface area (TPSA) is 52.6 Å². The largest absolute Gasteiger partial charge is 0.387 e. The van der Waals surface area contributed by atoms with Gasteiger partial charge in [-0.15, -0.1) is 0 Å². The number of nitrogens with one attached hydrogen (secondary N) is 1. The van der Waals surface area contributed by atoms with Crippen LogP contribution in [0.1, 0.15) is 35.6 Å². The first kappa shape index (κ1) is 17.5. The van der Waals surface area contributed by atoms with Crippen molar-refractivity contribution in [3.05, 3.63) is 71.3 Å². The van der Waals surface area contributed by atoms with Crippen LogP contribution in [0.25, 0.3) is 0 Å². The molecule has 1 saturated carbocycles. The first-order valence-corrected chi connectivity index (χ1v) is 8.79. The van der Waals surface area contributed by atoms with Gasteiger partial charge in [0.25, 0.3) is 0 Å². The summed E-state index contributed by atoms with van der Waals surface area (Å²) in [5, 5.41) is 13.5. The Hall–Kier alpha value is -2.33. The highest BCUT2D eigenvalue weighted by Gasteiger charge is 2.44. The number of rotatable bonds is 6. The fraction of sp³-hybridized carbons (Fsp3) is 0.381. The quantitative estimate of drug-likeness (QED) is 0.848. The number of likely N-dealkylation sites (N-methyl/N-ethyl adjacent to an activating group) is 1. The van der Waals surface area contributed by atoms with E-state index in [1.165, 1.54) is 11.1 Å². The van der Waals surface area contributed by atoms with Gasteiger partial charge >= 0.3 is 6.03 Å². The predicted molar refractivity (Wildman–Crippen MR) is 99.4 cm³/mol. The first-order valence-electron chi connectivity index (χ1n) is 8.79. The maximum Gasteiger partial charge on any atom is 0.317 e. The minimum absolute atomic E-state index is 0.125. The van der Waals surface area contributed by atoms with Gasteiger partial charge in [-0.2, -0.15) is 0 Å². The van der Waals surface area contributed by atoms with Crippen molar-refractivity contribution in [2.24, 2.45) is 0 Å². The van der Waals surface area contributed by atoms with Gasteiger partial charge in [-0.3, -0.25) is 0 Å². The van der Waals surface area contributed by atoms with Gasteiger partial charge in [-0.1, -0.05) is 60.2 Å². The second-order valence-electron chi connectivity index (χ2n) is 7.18. The lowest BCUT2D eigenvalue weighted by Crippen LogP contribution is -2.46. The Kier molecular flexibility index (Phi) is 5.09. The highest BCUT2D eigenvalue weighted by Crippen LogP contribution is 2.38. The Labute approximate surface area is 149 Å². The predicted octanol–water partition coefficient (Wildman–Crippen LogP) is 3.45. The highest BCUT2D eigenvalue weighted by molar-refractivity contribution is 5.75. The average molecular weight is 338 g/mol. The normalized spacial score (nSPS) is 16.1. The smallest absolute Gasteiger partial charge is 0.317 e. The van der Waals surface area contributed by atoms with Crippen LogP contribution in [0.3, 0.4) is 0 Å². The summed E-state index contributed by atoms with van der Waals surface area (Å²) in [5.41, 5.74) is 3.18. The number of aliphatic hydroxyl groups is 1. The molecule has 0 bridgehead atoms. The van der Waals surface area contributed by atoms with Crippen molar-refractivity contribution >= 4 is 6.03 Å². The highest BCUT2D eigenvalue weighted by atomic mass is 16.3. The average Bonchev–Trinajstić information content (AvgIpc) is 3.36. The van der Waals surface area contributed by atoms with Crippen LogP contribution in [0.15, 0.2) is 54.6 Å². The van der Waals surface area contributed by atoms with Gasteiger partial charge in [0.15, 0.2) is 0 Å². The molecule has 2 amide bonds. The van der Waals surface area contributed by atoms with E-state index in [0.29, 0.717) is 0 Å². The lowest BCUT2D eigenvalue weighted by molar-refractivity contribution is 0.130.